The van der Waals surface area contributed by atoms with E-state index in [1.54, 1.807) is 0 Å². The highest BCUT2D eigenvalue weighted by Crippen LogP contribution is 2.29. The van der Waals surface area contributed by atoms with Crippen LogP contribution in [-0.2, 0) is 13.1 Å². The molecule has 1 aliphatic carbocycles. The van der Waals surface area contributed by atoms with Crippen LogP contribution in [0.2, 0.25) is 0 Å². The van der Waals surface area contributed by atoms with Crippen LogP contribution in [0.4, 0.5) is 0 Å². The number of hydrogen-bond donors (Lipinski definition) is 0. The van der Waals surface area contributed by atoms with Crippen molar-refractivity contribution in [3.8, 4) is 12.3 Å². The number of rotatable bonds is 6. The predicted octanol–water partition coefficient (Wildman–Crippen LogP) is 1.75. The zero-order valence-electron chi connectivity index (χ0n) is 9.89. The monoisotopic (exact) mass is 217 g/mol. The van der Waals surface area contributed by atoms with Crippen LogP contribution in [0.15, 0.2) is 12.4 Å². The van der Waals surface area contributed by atoms with E-state index < -0.39 is 0 Å². The molecule has 0 radical (unpaired) electrons. The van der Waals surface area contributed by atoms with E-state index >= 15 is 0 Å². The summed E-state index contributed by atoms with van der Waals surface area (Å²) in [6, 6.07) is 0. The Balaban J connectivity index is 1.90. The Morgan fingerprint density at radius 3 is 3.00 bits per heavy atom. The number of nitrogens with zero attached hydrogens (tertiary/aromatic N) is 3. The molecular formula is C13H19N3. The number of aromatic nitrogens is 2. The fraction of sp³-hybridized carbons (Fsp3) is 0.615. The molecule has 0 atom stereocenters. The zero-order chi connectivity index (χ0) is 11.4. The van der Waals surface area contributed by atoms with E-state index in [1.807, 2.05) is 10.9 Å². The van der Waals surface area contributed by atoms with Crippen molar-refractivity contribution in [1.29, 1.82) is 0 Å². The van der Waals surface area contributed by atoms with E-state index in [0.29, 0.717) is 0 Å². The van der Waals surface area contributed by atoms with Gasteiger partial charge in [0.15, 0.2) is 0 Å². The standard InChI is InChI=1S/C13H19N3/c1-3-7-15(9-12-5-6-12)10-13-8-14-16(4-2)11-13/h1,8,11-12H,4-7,9-10H2,2H3. The molecule has 3 nitrogen and oxygen atoms in total. The highest BCUT2D eigenvalue weighted by atomic mass is 15.3. The summed E-state index contributed by atoms with van der Waals surface area (Å²) in [5.41, 5.74) is 1.26. The minimum atomic E-state index is 0.744. The van der Waals surface area contributed by atoms with Gasteiger partial charge in [-0.15, -0.1) is 6.42 Å². The second-order valence-electron chi connectivity index (χ2n) is 4.52. The van der Waals surface area contributed by atoms with Gasteiger partial charge in [0.1, 0.15) is 0 Å². The van der Waals surface area contributed by atoms with Gasteiger partial charge in [0.25, 0.3) is 0 Å². The maximum Gasteiger partial charge on any atom is 0.0601 e. The van der Waals surface area contributed by atoms with Gasteiger partial charge in [-0.05, 0) is 25.7 Å². The van der Waals surface area contributed by atoms with Crippen LogP contribution in [0.25, 0.3) is 0 Å². The molecule has 1 aromatic heterocycles. The lowest BCUT2D eigenvalue weighted by Gasteiger charge is -2.18. The second-order valence-corrected chi connectivity index (χ2v) is 4.52. The maximum atomic E-state index is 5.40. The van der Waals surface area contributed by atoms with Crippen molar-refractivity contribution in [2.75, 3.05) is 13.1 Å². The Kier molecular flexibility index (Phi) is 3.63. The molecule has 0 bridgehead atoms. The van der Waals surface area contributed by atoms with Gasteiger partial charge in [0.05, 0.1) is 12.7 Å². The molecule has 3 heteroatoms. The first-order valence-corrected chi connectivity index (χ1v) is 5.99. The zero-order valence-corrected chi connectivity index (χ0v) is 9.89. The van der Waals surface area contributed by atoms with Gasteiger partial charge in [-0.25, -0.2) is 0 Å². The quantitative estimate of drug-likeness (QED) is 0.677. The molecule has 2 rings (SSSR count). The first-order valence-electron chi connectivity index (χ1n) is 5.99. The molecular weight excluding hydrogens is 198 g/mol. The van der Waals surface area contributed by atoms with E-state index in [0.717, 1.165) is 32.1 Å². The lowest BCUT2D eigenvalue weighted by Crippen LogP contribution is -2.25. The topological polar surface area (TPSA) is 21.1 Å². The molecule has 1 heterocycles. The maximum absolute atomic E-state index is 5.40. The van der Waals surface area contributed by atoms with Gasteiger partial charge < -0.3 is 0 Å². The lowest BCUT2D eigenvalue weighted by atomic mass is 10.3. The van der Waals surface area contributed by atoms with Crippen LogP contribution in [-0.4, -0.2) is 27.8 Å². The number of hydrogen-bond acceptors (Lipinski definition) is 2. The average molecular weight is 217 g/mol. The Labute approximate surface area is 97.4 Å². The first-order chi connectivity index (χ1) is 7.81. The van der Waals surface area contributed by atoms with Crippen LogP contribution in [0.5, 0.6) is 0 Å². The second kappa shape index (κ2) is 5.18. The Morgan fingerprint density at radius 2 is 2.44 bits per heavy atom. The molecule has 1 aliphatic rings. The molecule has 86 valence electrons. The molecule has 0 N–H and O–H groups in total. The molecule has 0 saturated heterocycles. The van der Waals surface area contributed by atoms with Gasteiger partial charge >= 0.3 is 0 Å². The summed E-state index contributed by atoms with van der Waals surface area (Å²) in [5, 5.41) is 4.28. The van der Waals surface area contributed by atoms with Crippen molar-refractivity contribution < 1.29 is 0 Å². The van der Waals surface area contributed by atoms with E-state index in [1.165, 1.54) is 18.4 Å². The van der Waals surface area contributed by atoms with Gasteiger partial charge in [-0.3, -0.25) is 9.58 Å². The summed E-state index contributed by atoms with van der Waals surface area (Å²) >= 11 is 0. The third-order valence-corrected chi connectivity index (χ3v) is 2.95. The summed E-state index contributed by atoms with van der Waals surface area (Å²) in [4.78, 5) is 2.34. The van der Waals surface area contributed by atoms with E-state index in [2.05, 4.69) is 29.0 Å². The third-order valence-electron chi connectivity index (χ3n) is 2.95. The Morgan fingerprint density at radius 1 is 1.62 bits per heavy atom. The Hall–Kier alpha value is -1.27. The van der Waals surface area contributed by atoms with Crippen molar-refractivity contribution in [2.24, 2.45) is 5.92 Å². The van der Waals surface area contributed by atoms with Crippen LogP contribution in [0, 0.1) is 18.3 Å². The molecule has 0 aromatic carbocycles. The van der Waals surface area contributed by atoms with Crippen molar-refractivity contribution in [2.45, 2.75) is 32.9 Å². The summed E-state index contributed by atoms with van der Waals surface area (Å²) in [5.74, 6) is 3.62. The van der Waals surface area contributed by atoms with Crippen LogP contribution in [0.3, 0.4) is 0 Å². The third kappa shape index (κ3) is 3.11. The SMILES string of the molecule is C#CCN(Cc1cnn(CC)c1)CC1CC1. The minimum Gasteiger partial charge on any atom is -0.288 e. The fourth-order valence-electron chi connectivity index (χ4n) is 1.90. The lowest BCUT2D eigenvalue weighted by molar-refractivity contribution is 0.286. The highest BCUT2D eigenvalue weighted by molar-refractivity contribution is 5.05. The number of aryl methyl sites for hydroxylation is 1. The summed E-state index contributed by atoms with van der Waals surface area (Å²) < 4.78 is 1.96. The van der Waals surface area contributed by atoms with E-state index in [9.17, 15) is 0 Å². The predicted molar refractivity (Wildman–Crippen MR) is 64.7 cm³/mol. The van der Waals surface area contributed by atoms with E-state index in [4.69, 9.17) is 6.42 Å². The van der Waals surface area contributed by atoms with Gasteiger partial charge in [-0.1, -0.05) is 5.92 Å². The first kappa shape index (κ1) is 11.2. The smallest absolute Gasteiger partial charge is 0.0601 e. The van der Waals surface area contributed by atoms with Crippen molar-refractivity contribution in [3.63, 3.8) is 0 Å². The number of terminal acetylenes is 1. The molecule has 0 unspecified atom stereocenters. The molecule has 1 fully saturated rings. The average Bonchev–Trinajstić information content (AvgIpc) is 2.96. The van der Waals surface area contributed by atoms with E-state index in [-0.39, 0.29) is 0 Å². The summed E-state index contributed by atoms with van der Waals surface area (Å²) in [6.45, 7) is 5.84. The molecule has 1 aromatic rings. The van der Waals surface area contributed by atoms with Crippen LogP contribution >= 0.6 is 0 Å². The van der Waals surface area contributed by atoms with Gasteiger partial charge in [-0.2, -0.15) is 5.10 Å². The Bertz CT molecular complexity index is 371. The van der Waals surface area contributed by atoms with Crippen molar-refractivity contribution in [1.82, 2.24) is 14.7 Å². The van der Waals surface area contributed by atoms with Crippen LogP contribution < -0.4 is 0 Å². The molecule has 1 saturated carbocycles. The molecule has 16 heavy (non-hydrogen) atoms. The molecule has 0 aliphatic heterocycles. The summed E-state index contributed by atoms with van der Waals surface area (Å²) in [7, 11) is 0. The van der Waals surface area contributed by atoms with Crippen molar-refractivity contribution in [3.05, 3.63) is 18.0 Å². The van der Waals surface area contributed by atoms with Gasteiger partial charge in [0, 0.05) is 31.4 Å². The fourth-order valence-corrected chi connectivity index (χ4v) is 1.90. The molecule has 0 amide bonds. The largest absolute Gasteiger partial charge is 0.288 e. The van der Waals surface area contributed by atoms with Crippen LogP contribution in [0.1, 0.15) is 25.3 Å². The molecule has 0 spiro atoms. The minimum absolute atomic E-state index is 0.744. The normalized spacial score (nSPS) is 15.3. The van der Waals surface area contributed by atoms with Gasteiger partial charge in [0.2, 0.25) is 0 Å². The van der Waals surface area contributed by atoms with Crippen molar-refractivity contribution >= 4 is 0 Å². The highest BCUT2D eigenvalue weighted by Gasteiger charge is 2.24. The summed E-state index contributed by atoms with van der Waals surface area (Å²) in [6.07, 6.45) is 12.2.